The molecule has 0 aromatic heterocycles. The molecule has 0 bridgehead atoms. The van der Waals surface area contributed by atoms with Crippen molar-refractivity contribution >= 4 is 75.4 Å². The van der Waals surface area contributed by atoms with Crippen LogP contribution in [0.5, 0.6) is 0 Å². The second kappa shape index (κ2) is 7.49. The van der Waals surface area contributed by atoms with Crippen LogP contribution >= 0.6 is 0 Å². The number of benzene rings is 6. The van der Waals surface area contributed by atoms with Crippen LogP contribution in [0.4, 0.5) is 11.4 Å². The number of anilines is 2. The summed E-state index contributed by atoms with van der Waals surface area (Å²) in [7, 11) is 0. The van der Waals surface area contributed by atoms with Crippen LogP contribution in [0.3, 0.4) is 0 Å². The van der Waals surface area contributed by atoms with Gasteiger partial charge in [0.05, 0.1) is 0 Å². The standard InChI is InChI=1S/C36H22B3N/c1-3-11-23(12-4-1)37-29-19-7-15-25-27-17-9-21-31-35(27)40-36-28(26-16-8-20-30(37)34(26)39(40)33(25)29)18-10-22-32(36)38(31)24-13-5-2-6-14-24/h1-22H. The van der Waals surface area contributed by atoms with E-state index in [0.717, 1.165) is 0 Å². The fraction of sp³-hybridized carbons (Fsp3) is 0. The Balaban J connectivity index is 1.40. The highest BCUT2D eigenvalue weighted by Crippen LogP contribution is 2.46. The van der Waals surface area contributed by atoms with E-state index in [2.05, 4.69) is 138 Å². The predicted molar refractivity (Wildman–Crippen MR) is 173 cm³/mol. The van der Waals surface area contributed by atoms with Crippen LogP contribution in [0.2, 0.25) is 0 Å². The Morgan fingerprint density at radius 2 is 0.750 bits per heavy atom. The zero-order valence-electron chi connectivity index (χ0n) is 21.9. The SMILES string of the molecule is c1ccc(B2c3cccc4c3B3c5c2cccc5-c2cccc5c2N3c2c(cccc2-4)B5c2ccccc2)cc1. The Hall–Kier alpha value is -4.69. The van der Waals surface area contributed by atoms with Crippen molar-refractivity contribution in [1.29, 1.82) is 0 Å². The molecular formula is C36H22B3N. The van der Waals surface area contributed by atoms with Gasteiger partial charge in [-0.2, -0.15) is 0 Å². The average Bonchev–Trinajstić information content (AvgIpc) is 3.02. The fourth-order valence-corrected chi connectivity index (χ4v) is 8.43. The summed E-state index contributed by atoms with van der Waals surface area (Å²) in [4.78, 5) is 2.73. The van der Waals surface area contributed by atoms with Crippen LogP contribution in [-0.2, 0) is 0 Å². The molecule has 1 nitrogen and oxygen atoms in total. The molecule has 0 amide bonds. The molecule has 0 N–H and O–H groups in total. The zero-order valence-corrected chi connectivity index (χ0v) is 21.9. The van der Waals surface area contributed by atoms with Gasteiger partial charge in [-0.1, -0.05) is 155 Å². The van der Waals surface area contributed by atoms with Crippen molar-refractivity contribution in [3.8, 4) is 22.3 Å². The normalized spacial score (nSPS) is 14.3. The second-order valence-electron chi connectivity index (χ2n) is 11.6. The van der Waals surface area contributed by atoms with E-state index in [9.17, 15) is 0 Å². The monoisotopic (exact) mass is 501 g/mol. The molecule has 180 valence electrons. The van der Waals surface area contributed by atoms with Gasteiger partial charge in [-0.3, -0.25) is 0 Å². The van der Waals surface area contributed by atoms with Crippen LogP contribution in [0.1, 0.15) is 0 Å². The van der Waals surface area contributed by atoms with Crippen molar-refractivity contribution in [1.82, 2.24) is 0 Å². The first-order valence-electron chi connectivity index (χ1n) is 14.3. The van der Waals surface area contributed by atoms with Crippen molar-refractivity contribution in [2.24, 2.45) is 0 Å². The molecular weight excluding hydrogens is 479 g/mol. The lowest BCUT2D eigenvalue weighted by atomic mass is 9.22. The third-order valence-electron chi connectivity index (χ3n) is 9.79. The molecule has 0 radical (unpaired) electrons. The predicted octanol–water partition coefficient (Wildman–Crippen LogP) is 2.25. The second-order valence-corrected chi connectivity index (χ2v) is 11.6. The number of para-hydroxylation sites is 2. The van der Waals surface area contributed by atoms with Gasteiger partial charge in [-0.05, 0) is 33.0 Å². The number of hydrogen-bond acceptors (Lipinski definition) is 1. The number of fused-ring (bicyclic) bond motifs is 2. The Labute approximate surface area is 235 Å². The van der Waals surface area contributed by atoms with Crippen LogP contribution in [-0.4, -0.2) is 20.3 Å². The molecule has 4 aliphatic rings. The summed E-state index contributed by atoms with van der Waals surface area (Å²) in [5, 5.41) is 0. The molecule has 0 fully saturated rings. The molecule has 0 atom stereocenters. The highest BCUT2D eigenvalue weighted by molar-refractivity contribution is 7.11. The van der Waals surface area contributed by atoms with Gasteiger partial charge in [0.1, 0.15) is 0 Å². The molecule has 6 aromatic carbocycles. The van der Waals surface area contributed by atoms with Crippen LogP contribution in [0, 0.1) is 0 Å². The largest absolute Gasteiger partial charge is 0.377 e. The van der Waals surface area contributed by atoms with E-state index >= 15 is 0 Å². The van der Waals surface area contributed by atoms with Gasteiger partial charge in [0.25, 0.3) is 0 Å². The third kappa shape index (κ3) is 2.44. The first-order valence-corrected chi connectivity index (χ1v) is 14.3. The molecule has 4 heterocycles. The fourth-order valence-electron chi connectivity index (χ4n) is 8.43. The van der Waals surface area contributed by atoms with Gasteiger partial charge in [0, 0.05) is 22.5 Å². The van der Waals surface area contributed by atoms with E-state index in [1.54, 1.807) is 0 Å². The lowest BCUT2D eigenvalue weighted by molar-refractivity contribution is 1.36. The number of nitrogens with zero attached hydrogens (tertiary/aromatic N) is 1. The topological polar surface area (TPSA) is 3.24 Å². The van der Waals surface area contributed by atoms with E-state index in [1.165, 1.54) is 77.3 Å². The van der Waals surface area contributed by atoms with Crippen molar-refractivity contribution in [3.63, 3.8) is 0 Å². The van der Waals surface area contributed by atoms with Gasteiger partial charge in [0.15, 0.2) is 0 Å². The molecule has 10 rings (SSSR count). The Kier molecular flexibility index (Phi) is 3.96. The molecule has 40 heavy (non-hydrogen) atoms. The Morgan fingerprint density at radius 3 is 1.23 bits per heavy atom. The van der Waals surface area contributed by atoms with Crippen LogP contribution in [0.25, 0.3) is 22.3 Å². The van der Waals surface area contributed by atoms with Crippen molar-refractivity contribution in [2.75, 3.05) is 4.81 Å². The minimum Gasteiger partial charge on any atom is -0.377 e. The molecule has 0 saturated heterocycles. The lowest BCUT2D eigenvalue weighted by Crippen LogP contribution is -2.79. The van der Waals surface area contributed by atoms with Crippen LogP contribution < -0.4 is 48.5 Å². The minimum atomic E-state index is 0.177. The quantitative estimate of drug-likeness (QED) is 0.329. The maximum Gasteiger partial charge on any atom is 0.328 e. The molecule has 0 unspecified atom stereocenters. The smallest absolute Gasteiger partial charge is 0.328 e. The van der Waals surface area contributed by atoms with Gasteiger partial charge >= 0.3 is 6.85 Å². The summed E-state index contributed by atoms with van der Waals surface area (Å²) < 4.78 is 0. The maximum atomic E-state index is 2.73. The van der Waals surface area contributed by atoms with E-state index in [0.29, 0.717) is 0 Å². The van der Waals surface area contributed by atoms with E-state index in [-0.39, 0.29) is 20.3 Å². The van der Waals surface area contributed by atoms with E-state index in [1.807, 2.05) is 0 Å². The van der Waals surface area contributed by atoms with Gasteiger partial charge < -0.3 is 4.81 Å². The minimum absolute atomic E-state index is 0.177. The Morgan fingerprint density at radius 1 is 0.350 bits per heavy atom. The lowest BCUT2D eigenvalue weighted by Gasteiger charge is -2.51. The molecule has 0 aliphatic carbocycles. The van der Waals surface area contributed by atoms with Gasteiger partial charge in [-0.15, -0.1) is 0 Å². The van der Waals surface area contributed by atoms with Crippen LogP contribution in [0.15, 0.2) is 133 Å². The summed E-state index contributed by atoms with van der Waals surface area (Å²) in [6.45, 7) is 0.604. The van der Waals surface area contributed by atoms with E-state index in [4.69, 9.17) is 0 Å². The molecule has 4 heteroatoms. The first-order chi connectivity index (χ1) is 19.9. The molecule has 4 aliphatic heterocycles. The number of rotatable bonds is 2. The van der Waals surface area contributed by atoms with Gasteiger partial charge in [-0.25, -0.2) is 0 Å². The summed E-state index contributed by atoms with van der Waals surface area (Å²) in [5.41, 5.74) is 19.7. The van der Waals surface area contributed by atoms with Gasteiger partial charge in [0.2, 0.25) is 13.4 Å². The highest BCUT2D eigenvalue weighted by Gasteiger charge is 2.53. The van der Waals surface area contributed by atoms with Crippen molar-refractivity contribution in [2.45, 2.75) is 0 Å². The third-order valence-corrected chi connectivity index (χ3v) is 9.79. The summed E-state index contributed by atoms with van der Waals surface area (Å²) in [6.07, 6.45) is 0. The molecule has 0 saturated carbocycles. The molecule has 6 aromatic rings. The van der Waals surface area contributed by atoms with E-state index < -0.39 is 0 Å². The highest BCUT2D eigenvalue weighted by atomic mass is 15.1. The zero-order chi connectivity index (χ0) is 25.9. The first kappa shape index (κ1) is 21.2. The number of hydrogen-bond donors (Lipinski definition) is 0. The van der Waals surface area contributed by atoms with Crippen molar-refractivity contribution < 1.29 is 0 Å². The average molecular weight is 501 g/mol. The maximum absolute atomic E-state index is 2.73. The Bertz CT molecular complexity index is 1780. The van der Waals surface area contributed by atoms with Crippen molar-refractivity contribution in [3.05, 3.63) is 133 Å². The summed E-state index contributed by atoms with van der Waals surface area (Å²) in [6, 6.07) is 50.3. The summed E-state index contributed by atoms with van der Waals surface area (Å²) in [5.74, 6) is 0. The molecule has 0 spiro atoms. The summed E-state index contributed by atoms with van der Waals surface area (Å²) >= 11 is 0.